The molecule has 40 heavy (non-hydrogen) atoms. The van der Waals surface area contributed by atoms with Crippen LogP contribution in [0.15, 0.2) is 120 Å². The molecule has 1 aliphatic carbocycles. The van der Waals surface area contributed by atoms with Gasteiger partial charge in [0.15, 0.2) is 5.58 Å². The van der Waals surface area contributed by atoms with Crippen molar-refractivity contribution < 1.29 is 4.42 Å². The smallest absolute Gasteiger partial charge is 0.307 e. The lowest BCUT2D eigenvalue weighted by Gasteiger charge is -2.22. The number of benzene rings is 3. The fourth-order valence-corrected chi connectivity index (χ4v) is 6.04. The van der Waals surface area contributed by atoms with E-state index in [1.165, 1.54) is 0 Å². The molecule has 0 spiro atoms. The maximum absolute atomic E-state index is 6.35. The lowest BCUT2D eigenvalue weighted by molar-refractivity contribution is 0.643. The zero-order chi connectivity index (χ0) is 26.2. The minimum Gasteiger partial charge on any atom is -0.421 e. The Kier molecular flexibility index (Phi) is 4.24. The van der Waals surface area contributed by atoms with E-state index < -0.39 is 0 Å². The minimum absolute atomic E-state index is 0.558. The zero-order valence-corrected chi connectivity index (χ0v) is 21.1. The molecule has 186 valence electrons. The number of pyridine rings is 3. The first-order valence-electron chi connectivity index (χ1n) is 13.1. The molecule has 6 nitrogen and oxygen atoms in total. The molecule has 0 aliphatic heterocycles. The first-order valence-corrected chi connectivity index (χ1v) is 13.1. The molecule has 6 heteroatoms. The van der Waals surface area contributed by atoms with Crippen LogP contribution in [0.5, 0.6) is 0 Å². The van der Waals surface area contributed by atoms with E-state index in [0.717, 1.165) is 72.6 Å². The maximum atomic E-state index is 6.35. The van der Waals surface area contributed by atoms with Crippen molar-refractivity contribution in [2.24, 2.45) is 0 Å². The van der Waals surface area contributed by atoms with E-state index in [-0.39, 0.29) is 0 Å². The van der Waals surface area contributed by atoms with Gasteiger partial charge in [-0.05, 0) is 58.7 Å². The van der Waals surface area contributed by atoms with E-state index in [1.54, 1.807) is 0 Å². The van der Waals surface area contributed by atoms with E-state index >= 15 is 0 Å². The number of para-hydroxylation sites is 2. The predicted octanol–water partition coefficient (Wildman–Crippen LogP) is 8.07. The SMILES string of the molecule is c1ccc2c(c1)-c1ccc(-c3nccc4c3oc3nc5ccccc5n34)cc1-c1cccnc1-c1ncccc1-2. The molecule has 0 amide bonds. The lowest BCUT2D eigenvalue weighted by Crippen LogP contribution is -2.00. The number of fused-ring (bicyclic) bond motifs is 13. The third kappa shape index (κ3) is 2.87. The van der Waals surface area contributed by atoms with Gasteiger partial charge in [-0.3, -0.25) is 19.4 Å². The molecule has 0 fully saturated rings. The molecule has 9 rings (SSSR count). The summed E-state index contributed by atoms with van der Waals surface area (Å²) in [5, 5.41) is 0. The zero-order valence-electron chi connectivity index (χ0n) is 21.1. The summed E-state index contributed by atoms with van der Waals surface area (Å²) in [6.45, 7) is 0. The summed E-state index contributed by atoms with van der Waals surface area (Å²) >= 11 is 0. The Bertz CT molecular complexity index is 2290. The van der Waals surface area contributed by atoms with Gasteiger partial charge >= 0.3 is 5.84 Å². The molecule has 5 heterocycles. The van der Waals surface area contributed by atoms with Crippen molar-refractivity contribution in [3.05, 3.63) is 116 Å². The lowest BCUT2D eigenvalue weighted by atomic mass is 9.83. The number of oxazole rings is 1. The molecule has 3 aromatic carbocycles. The molecule has 8 aromatic rings. The molecule has 0 atom stereocenters. The van der Waals surface area contributed by atoms with Crippen molar-refractivity contribution in [3.63, 3.8) is 0 Å². The van der Waals surface area contributed by atoms with Gasteiger partial charge in [-0.15, -0.1) is 0 Å². The van der Waals surface area contributed by atoms with E-state index in [9.17, 15) is 0 Å². The van der Waals surface area contributed by atoms with Crippen LogP contribution in [0.25, 0.3) is 84.0 Å². The molecule has 0 bridgehead atoms. The number of imidazole rings is 1. The van der Waals surface area contributed by atoms with Crippen LogP contribution in [0.1, 0.15) is 0 Å². The van der Waals surface area contributed by atoms with E-state index in [4.69, 9.17) is 24.4 Å². The van der Waals surface area contributed by atoms with E-state index in [1.807, 2.05) is 55.0 Å². The quantitative estimate of drug-likeness (QED) is 0.222. The molecule has 0 unspecified atom stereocenters. The topological polar surface area (TPSA) is 69.1 Å². The summed E-state index contributed by atoms with van der Waals surface area (Å²) in [5.74, 6) is 0.558. The van der Waals surface area contributed by atoms with Gasteiger partial charge < -0.3 is 4.42 Å². The average Bonchev–Trinajstić information content (AvgIpc) is 3.56. The summed E-state index contributed by atoms with van der Waals surface area (Å²) in [6, 6.07) is 33.3. The van der Waals surface area contributed by atoms with Crippen molar-refractivity contribution >= 4 is 28.0 Å². The highest BCUT2D eigenvalue weighted by atomic mass is 16.4. The molecule has 5 aromatic heterocycles. The highest BCUT2D eigenvalue weighted by Crippen LogP contribution is 2.47. The fourth-order valence-electron chi connectivity index (χ4n) is 6.04. The largest absolute Gasteiger partial charge is 0.421 e. The van der Waals surface area contributed by atoms with Crippen molar-refractivity contribution in [1.82, 2.24) is 24.3 Å². The first-order chi connectivity index (χ1) is 19.8. The van der Waals surface area contributed by atoms with Gasteiger partial charge in [-0.25, -0.2) is 0 Å². The molecule has 0 saturated heterocycles. The second-order valence-electron chi connectivity index (χ2n) is 9.93. The van der Waals surface area contributed by atoms with Gasteiger partial charge in [0.1, 0.15) is 5.69 Å². The number of hydrogen-bond acceptors (Lipinski definition) is 5. The standard InChI is InChI=1S/C34H19N5O/c1-2-8-22-21(7-1)23-14-13-20(19-26(23)25-10-6-17-36-32(25)31-24(22)9-5-16-35-31)30-33-29(15-18-37-30)39-28-12-4-3-11-27(28)38-34(39)40-33/h1-19H. The number of aromatic nitrogens is 5. The average molecular weight is 514 g/mol. The number of rotatable bonds is 1. The summed E-state index contributed by atoms with van der Waals surface area (Å²) < 4.78 is 8.41. The van der Waals surface area contributed by atoms with Crippen LogP contribution in [-0.4, -0.2) is 24.3 Å². The van der Waals surface area contributed by atoms with E-state index in [2.05, 4.69) is 65.1 Å². The molecule has 0 N–H and O–H groups in total. The first kappa shape index (κ1) is 21.3. The summed E-state index contributed by atoms with van der Waals surface area (Å²) in [6.07, 6.45) is 5.50. The monoisotopic (exact) mass is 513 g/mol. The van der Waals surface area contributed by atoms with Crippen LogP contribution in [-0.2, 0) is 0 Å². The van der Waals surface area contributed by atoms with Gasteiger partial charge in [0.05, 0.1) is 27.9 Å². The van der Waals surface area contributed by atoms with Crippen LogP contribution in [0.4, 0.5) is 0 Å². The van der Waals surface area contributed by atoms with Crippen molar-refractivity contribution in [3.8, 4) is 56.0 Å². The van der Waals surface area contributed by atoms with Crippen molar-refractivity contribution in [2.75, 3.05) is 0 Å². The van der Waals surface area contributed by atoms with Crippen LogP contribution < -0.4 is 0 Å². The van der Waals surface area contributed by atoms with Crippen molar-refractivity contribution in [2.45, 2.75) is 0 Å². The summed E-state index contributed by atoms with van der Waals surface area (Å²) in [5.41, 5.74) is 13.6. The number of nitrogens with zero attached hydrogens (tertiary/aromatic N) is 5. The third-order valence-corrected chi connectivity index (χ3v) is 7.78. The number of hydrogen-bond donors (Lipinski definition) is 0. The Morgan fingerprint density at radius 2 is 1.15 bits per heavy atom. The highest BCUT2D eigenvalue weighted by molar-refractivity contribution is 6.03. The summed E-state index contributed by atoms with van der Waals surface area (Å²) in [4.78, 5) is 19.1. The Balaban J connectivity index is 1.34. The Morgan fingerprint density at radius 3 is 1.98 bits per heavy atom. The second kappa shape index (κ2) is 7.94. The van der Waals surface area contributed by atoms with Gasteiger partial charge in [-0.1, -0.05) is 60.7 Å². The fraction of sp³-hybridized carbons (Fsp3) is 0. The van der Waals surface area contributed by atoms with Crippen LogP contribution in [0, 0.1) is 0 Å². The Labute approximate surface area is 228 Å². The Morgan fingerprint density at radius 1 is 0.500 bits per heavy atom. The maximum Gasteiger partial charge on any atom is 0.307 e. The normalized spacial score (nSPS) is 12.0. The van der Waals surface area contributed by atoms with Gasteiger partial charge in [-0.2, -0.15) is 4.98 Å². The highest BCUT2D eigenvalue weighted by Gasteiger charge is 2.24. The third-order valence-electron chi connectivity index (χ3n) is 7.78. The summed E-state index contributed by atoms with van der Waals surface area (Å²) in [7, 11) is 0. The Hall–Kier alpha value is -5.62. The molecular weight excluding hydrogens is 494 g/mol. The van der Waals surface area contributed by atoms with Crippen LogP contribution >= 0.6 is 0 Å². The molecule has 0 saturated carbocycles. The minimum atomic E-state index is 0.558. The second-order valence-corrected chi connectivity index (χ2v) is 9.93. The van der Waals surface area contributed by atoms with Gasteiger partial charge in [0.25, 0.3) is 0 Å². The molecular formula is C34H19N5O. The van der Waals surface area contributed by atoms with Crippen LogP contribution in [0.3, 0.4) is 0 Å². The van der Waals surface area contributed by atoms with Gasteiger partial charge in [0, 0.05) is 35.3 Å². The van der Waals surface area contributed by atoms with Crippen LogP contribution in [0.2, 0.25) is 0 Å². The van der Waals surface area contributed by atoms with E-state index in [0.29, 0.717) is 11.4 Å². The van der Waals surface area contributed by atoms with Crippen molar-refractivity contribution in [1.29, 1.82) is 0 Å². The molecule has 1 aliphatic rings. The predicted molar refractivity (Wildman–Crippen MR) is 157 cm³/mol. The molecule has 0 radical (unpaired) electrons. The van der Waals surface area contributed by atoms with Gasteiger partial charge in [0.2, 0.25) is 0 Å².